The molecule has 0 radical (unpaired) electrons. The minimum absolute atomic E-state index is 0.183. The van der Waals surface area contributed by atoms with E-state index in [9.17, 15) is 4.79 Å². The summed E-state index contributed by atoms with van der Waals surface area (Å²) in [4.78, 5) is 17.1. The van der Waals surface area contributed by atoms with Crippen LogP contribution in [0.5, 0.6) is 5.75 Å². The number of rotatable bonds is 3. The van der Waals surface area contributed by atoms with Gasteiger partial charge in [0.1, 0.15) is 5.75 Å². The first-order valence-corrected chi connectivity index (χ1v) is 7.89. The summed E-state index contributed by atoms with van der Waals surface area (Å²) in [5, 5.41) is 4.49. The minimum Gasteiger partial charge on any atom is -0.497 e. The average molecular weight is 341 g/mol. The van der Waals surface area contributed by atoms with E-state index in [1.807, 2.05) is 32.0 Å². The third kappa shape index (κ3) is 3.05. The number of methoxy groups -OCH3 is 1. The number of amides is 1. The first-order valence-electron chi connectivity index (χ1n) is 7.51. The quantitative estimate of drug-likeness (QED) is 0.747. The summed E-state index contributed by atoms with van der Waals surface area (Å²) >= 11 is 6.18. The van der Waals surface area contributed by atoms with Crippen molar-refractivity contribution in [3.05, 3.63) is 64.3 Å². The van der Waals surface area contributed by atoms with Crippen molar-refractivity contribution in [3.8, 4) is 5.75 Å². The lowest BCUT2D eigenvalue weighted by atomic mass is 10.1. The molecule has 1 aromatic heterocycles. The number of halogens is 1. The molecular formula is C19H17ClN2O2. The molecule has 2 aromatic carbocycles. The SMILES string of the molecule is COc1ccc(C(=O)Nc2cc(C)nc3c(C)c(Cl)ccc23)cc1. The van der Waals surface area contributed by atoms with Gasteiger partial charge in [-0.15, -0.1) is 0 Å². The fourth-order valence-corrected chi connectivity index (χ4v) is 2.73. The molecule has 0 aliphatic rings. The van der Waals surface area contributed by atoms with Gasteiger partial charge >= 0.3 is 0 Å². The second-order valence-corrected chi connectivity index (χ2v) is 5.97. The maximum absolute atomic E-state index is 12.5. The fraction of sp³-hybridized carbons (Fsp3) is 0.158. The highest BCUT2D eigenvalue weighted by Crippen LogP contribution is 2.30. The van der Waals surface area contributed by atoms with Crippen LogP contribution in [0.15, 0.2) is 42.5 Å². The highest BCUT2D eigenvalue weighted by Gasteiger charge is 2.12. The number of pyridine rings is 1. The van der Waals surface area contributed by atoms with Crippen LogP contribution in [0.3, 0.4) is 0 Å². The molecule has 3 rings (SSSR count). The van der Waals surface area contributed by atoms with Crippen LogP contribution in [-0.2, 0) is 0 Å². The highest BCUT2D eigenvalue weighted by molar-refractivity contribution is 6.32. The summed E-state index contributed by atoms with van der Waals surface area (Å²) in [6.07, 6.45) is 0. The number of nitrogens with one attached hydrogen (secondary N) is 1. The van der Waals surface area contributed by atoms with E-state index in [1.54, 1.807) is 31.4 Å². The molecule has 0 atom stereocenters. The van der Waals surface area contributed by atoms with E-state index in [0.717, 1.165) is 27.8 Å². The van der Waals surface area contributed by atoms with E-state index in [4.69, 9.17) is 16.3 Å². The number of ether oxygens (including phenoxy) is 1. The molecule has 0 aliphatic carbocycles. The lowest BCUT2D eigenvalue weighted by Gasteiger charge is -2.12. The monoisotopic (exact) mass is 340 g/mol. The number of nitrogens with zero attached hydrogens (tertiary/aromatic N) is 1. The summed E-state index contributed by atoms with van der Waals surface area (Å²) in [6, 6.07) is 12.5. The summed E-state index contributed by atoms with van der Waals surface area (Å²) in [5.74, 6) is 0.527. The van der Waals surface area contributed by atoms with Crippen LogP contribution in [0, 0.1) is 13.8 Å². The third-order valence-electron chi connectivity index (χ3n) is 3.90. The van der Waals surface area contributed by atoms with Gasteiger partial charge in [0, 0.05) is 21.7 Å². The maximum atomic E-state index is 12.5. The number of hydrogen-bond donors (Lipinski definition) is 1. The molecular weight excluding hydrogens is 324 g/mol. The number of fused-ring (bicyclic) bond motifs is 1. The van der Waals surface area contributed by atoms with E-state index in [-0.39, 0.29) is 5.91 Å². The predicted molar refractivity (Wildman–Crippen MR) is 97.2 cm³/mol. The van der Waals surface area contributed by atoms with Crippen LogP contribution in [0.4, 0.5) is 5.69 Å². The normalized spacial score (nSPS) is 10.7. The molecule has 5 heteroatoms. The second kappa shape index (κ2) is 6.49. The Labute approximate surface area is 145 Å². The van der Waals surface area contributed by atoms with Crippen molar-refractivity contribution in [3.63, 3.8) is 0 Å². The molecule has 1 amide bonds. The number of anilines is 1. The van der Waals surface area contributed by atoms with Crippen molar-refractivity contribution < 1.29 is 9.53 Å². The molecule has 0 fully saturated rings. The van der Waals surface area contributed by atoms with Gasteiger partial charge in [0.05, 0.1) is 18.3 Å². The van der Waals surface area contributed by atoms with Gasteiger partial charge in [-0.05, 0) is 61.9 Å². The van der Waals surface area contributed by atoms with E-state index in [2.05, 4.69) is 10.3 Å². The number of carbonyl (C=O) groups excluding carboxylic acids is 1. The van der Waals surface area contributed by atoms with Gasteiger partial charge in [-0.25, -0.2) is 0 Å². The van der Waals surface area contributed by atoms with Gasteiger partial charge in [-0.2, -0.15) is 0 Å². The molecule has 4 nitrogen and oxygen atoms in total. The van der Waals surface area contributed by atoms with E-state index < -0.39 is 0 Å². The Kier molecular flexibility index (Phi) is 4.40. The molecule has 0 saturated carbocycles. The summed E-state index contributed by atoms with van der Waals surface area (Å²) in [6.45, 7) is 3.81. The van der Waals surface area contributed by atoms with Crippen molar-refractivity contribution in [1.29, 1.82) is 0 Å². The van der Waals surface area contributed by atoms with Gasteiger partial charge in [-0.3, -0.25) is 9.78 Å². The van der Waals surface area contributed by atoms with Crippen LogP contribution in [0.25, 0.3) is 10.9 Å². The zero-order valence-corrected chi connectivity index (χ0v) is 14.4. The largest absolute Gasteiger partial charge is 0.497 e. The Morgan fingerprint density at radius 3 is 2.50 bits per heavy atom. The molecule has 0 unspecified atom stereocenters. The number of aryl methyl sites for hydroxylation is 2. The molecule has 122 valence electrons. The van der Waals surface area contributed by atoms with Crippen LogP contribution >= 0.6 is 11.6 Å². The molecule has 0 saturated heterocycles. The lowest BCUT2D eigenvalue weighted by molar-refractivity contribution is 0.102. The molecule has 3 aromatic rings. The Morgan fingerprint density at radius 1 is 1.12 bits per heavy atom. The van der Waals surface area contributed by atoms with E-state index in [1.165, 1.54) is 0 Å². The Hall–Kier alpha value is -2.59. The number of carbonyl (C=O) groups is 1. The molecule has 0 spiro atoms. The maximum Gasteiger partial charge on any atom is 0.255 e. The van der Waals surface area contributed by atoms with Crippen LogP contribution < -0.4 is 10.1 Å². The summed E-state index contributed by atoms with van der Waals surface area (Å²) in [5.41, 5.74) is 3.80. The van der Waals surface area contributed by atoms with Gasteiger partial charge < -0.3 is 10.1 Å². The molecule has 0 bridgehead atoms. The first-order chi connectivity index (χ1) is 11.5. The minimum atomic E-state index is -0.183. The fourth-order valence-electron chi connectivity index (χ4n) is 2.57. The zero-order chi connectivity index (χ0) is 17.3. The number of hydrogen-bond acceptors (Lipinski definition) is 3. The van der Waals surface area contributed by atoms with Crippen LogP contribution in [0.1, 0.15) is 21.6 Å². The summed E-state index contributed by atoms with van der Waals surface area (Å²) in [7, 11) is 1.59. The van der Waals surface area contributed by atoms with Crippen LogP contribution in [0.2, 0.25) is 5.02 Å². The highest BCUT2D eigenvalue weighted by atomic mass is 35.5. The number of benzene rings is 2. The van der Waals surface area contributed by atoms with Gasteiger partial charge in [-0.1, -0.05) is 11.6 Å². The molecule has 0 aliphatic heterocycles. The van der Waals surface area contributed by atoms with Crippen molar-refractivity contribution in [1.82, 2.24) is 4.98 Å². The smallest absolute Gasteiger partial charge is 0.255 e. The third-order valence-corrected chi connectivity index (χ3v) is 4.31. The molecule has 1 N–H and O–H groups in total. The van der Waals surface area contributed by atoms with Gasteiger partial charge in [0.2, 0.25) is 0 Å². The van der Waals surface area contributed by atoms with Gasteiger partial charge in [0.25, 0.3) is 5.91 Å². The summed E-state index contributed by atoms with van der Waals surface area (Å²) < 4.78 is 5.11. The topological polar surface area (TPSA) is 51.2 Å². The Morgan fingerprint density at radius 2 is 1.83 bits per heavy atom. The van der Waals surface area contributed by atoms with Crippen molar-refractivity contribution in [2.75, 3.05) is 12.4 Å². The van der Waals surface area contributed by atoms with Crippen LogP contribution in [-0.4, -0.2) is 18.0 Å². The standard InChI is InChI=1S/C19H17ClN2O2/c1-11-10-17(15-8-9-16(20)12(2)18(15)21-11)22-19(23)13-4-6-14(24-3)7-5-13/h4-10H,1-3H3,(H,21,22,23). The Balaban J connectivity index is 2.00. The second-order valence-electron chi connectivity index (χ2n) is 5.56. The van der Waals surface area contributed by atoms with Crippen molar-refractivity contribution >= 4 is 34.1 Å². The van der Waals surface area contributed by atoms with Crippen molar-refractivity contribution in [2.45, 2.75) is 13.8 Å². The molecule has 1 heterocycles. The van der Waals surface area contributed by atoms with Crippen molar-refractivity contribution in [2.24, 2.45) is 0 Å². The predicted octanol–water partition coefficient (Wildman–Crippen LogP) is 4.77. The first kappa shape index (κ1) is 16.3. The number of aromatic nitrogens is 1. The molecule has 24 heavy (non-hydrogen) atoms. The van der Waals surface area contributed by atoms with E-state index in [0.29, 0.717) is 16.3 Å². The lowest BCUT2D eigenvalue weighted by Crippen LogP contribution is -2.12. The zero-order valence-electron chi connectivity index (χ0n) is 13.7. The van der Waals surface area contributed by atoms with E-state index >= 15 is 0 Å². The average Bonchev–Trinajstić information content (AvgIpc) is 2.58. The Bertz CT molecular complexity index is 921. The van der Waals surface area contributed by atoms with Gasteiger partial charge in [0.15, 0.2) is 0 Å².